The van der Waals surface area contributed by atoms with E-state index in [4.69, 9.17) is 5.73 Å². The minimum absolute atomic E-state index is 0.0158. The van der Waals surface area contributed by atoms with Crippen LogP contribution in [0.15, 0.2) is 18.2 Å². The first-order valence-electron chi connectivity index (χ1n) is 6.18. The molecule has 0 saturated heterocycles. The van der Waals surface area contributed by atoms with E-state index in [9.17, 15) is 31.1 Å². The fourth-order valence-electron chi connectivity index (χ4n) is 1.56. The lowest BCUT2D eigenvalue weighted by atomic mass is 10.0. The topological polar surface area (TPSA) is 55.1 Å². The summed E-state index contributed by atoms with van der Waals surface area (Å²) in [6.45, 7) is 3.19. The van der Waals surface area contributed by atoms with Crippen LogP contribution in [0.4, 0.5) is 32.0 Å². The van der Waals surface area contributed by atoms with Crippen LogP contribution in [0.1, 0.15) is 25.0 Å². The van der Waals surface area contributed by atoms with E-state index in [-0.39, 0.29) is 12.0 Å². The maximum atomic E-state index is 12.7. The number of hydrogen-bond donors (Lipinski definition) is 2. The summed E-state index contributed by atoms with van der Waals surface area (Å²) in [5, 5.41) is 1.98. The average Bonchev–Trinajstić information content (AvgIpc) is 2.35. The van der Waals surface area contributed by atoms with E-state index in [2.05, 4.69) is 0 Å². The predicted molar refractivity (Wildman–Crippen MR) is 67.9 cm³/mol. The van der Waals surface area contributed by atoms with E-state index in [0.717, 1.165) is 0 Å². The Morgan fingerprint density at radius 1 is 1.00 bits per heavy atom. The summed E-state index contributed by atoms with van der Waals surface area (Å²) < 4.78 is 75.9. The molecule has 0 radical (unpaired) electrons. The number of carbonyl (C=O) groups excluding carboxylic acids is 1. The molecule has 3 nitrogen and oxygen atoms in total. The van der Waals surface area contributed by atoms with Crippen LogP contribution in [0.25, 0.3) is 0 Å². The second-order valence-electron chi connectivity index (χ2n) is 5.05. The summed E-state index contributed by atoms with van der Waals surface area (Å²) in [5.74, 6) is -1.18. The number of benzene rings is 1. The van der Waals surface area contributed by atoms with E-state index in [1.807, 2.05) is 5.32 Å². The molecule has 9 heteroatoms. The van der Waals surface area contributed by atoms with Gasteiger partial charge in [0, 0.05) is 5.69 Å². The molecule has 124 valence electrons. The van der Waals surface area contributed by atoms with E-state index in [1.54, 1.807) is 13.8 Å². The van der Waals surface area contributed by atoms with Crippen LogP contribution in [0, 0.1) is 5.92 Å². The van der Waals surface area contributed by atoms with Crippen LogP contribution in [0.3, 0.4) is 0 Å². The maximum Gasteiger partial charge on any atom is 0.416 e. The second kappa shape index (κ2) is 6.15. The van der Waals surface area contributed by atoms with Gasteiger partial charge in [-0.1, -0.05) is 13.8 Å². The maximum absolute atomic E-state index is 12.7. The largest absolute Gasteiger partial charge is 0.416 e. The van der Waals surface area contributed by atoms with Gasteiger partial charge in [0.15, 0.2) is 0 Å². The second-order valence-corrected chi connectivity index (χ2v) is 5.05. The number of carbonyl (C=O) groups is 1. The van der Waals surface area contributed by atoms with Gasteiger partial charge in [-0.05, 0) is 24.1 Å². The van der Waals surface area contributed by atoms with Gasteiger partial charge in [0.05, 0.1) is 17.2 Å². The lowest BCUT2D eigenvalue weighted by Crippen LogP contribution is -2.39. The third-order valence-electron chi connectivity index (χ3n) is 2.88. The van der Waals surface area contributed by atoms with Crippen molar-refractivity contribution in [3.63, 3.8) is 0 Å². The molecule has 0 aliphatic heterocycles. The van der Waals surface area contributed by atoms with Gasteiger partial charge in [0.2, 0.25) is 5.91 Å². The molecule has 1 aromatic carbocycles. The lowest BCUT2D eigenvalue weighted by molar-refractivity contribution is -0.143. The monoisotopic (exact) mass is 328 g/mol. The van der Waals surface area contributed by atoms with Crippen molar-refractivity contribution >= 4 is 11.6 Å². The molecule has 0 aromatic heterocycles. The Balaban J connectivity index is 3.22. The van der Waals surface area contributed by atoms with Crippen LogP contribution >= 0.6 is 0 Å². The fraction of sp³-hybridized carbons (Fsp3) is 0.462. The van der Waals surface area contributed by atoms with Gasteiger partial charge in [-0.3, -0.25) is 4.79 Å². The molecule has 0 spiro atoms. The molecule has 3 N–H and O–H groups in total. The number of hydrogen-bond acceptors (Lipinski definition) is 2. The summed E-state index contributed by atoms with van der Waals surface area (Å²) in [4.78, 5) is 11.7. The highest BCUT2D eigenvalue weighted by Gasteiger charge is 2.37. The first-order valence-corrected chi connectivity index (χ1v) is 6.18. The summed E-state index contributed by atoms with van der Waals surface area (Å²) in [6, 6.07) is -0.206. The highest BCUT2D eigenvalue weighted by Crippen LogP contribution is 2.37. The number of halogens is 6. The highest BCUT2D eigenvalue weighted by atomic mass is 19.4. The molecule has 0 heterocycles. The van der Waals surface area contributed by atoms with Gasteiger partial charge >= 0.3 is 12.4 Å². The predicted octanol–water partition coefficient (Wildman–Crippen LogP) is 3.65. The molecule has 0 aliphatic rings. The zero-order valence-electron chi connectivity index (χ0n) is 11.6. The van der Waals surface area contributed by atoms with Crippen LogP contribution in [-0.2, 0) is 17.1 Å². The number of rotatable bonds is 3. The smallest absolute Gasteiger partial charge is 0.325 e. The van der Waals surface area contributed by atoms with Crippen molar-refractivity contribution in [1.29, 1.82) is 0 Å². The Morgan fingerprint density at radius 3 is 1.73 bits per heavy atom. The minimum atomic E-state index is -4.97. The van der Waals surface area contributed by atoms with Crippen molar-refractivity contribution in [2.24, 2.45) is 11.7 Å². The summed E-state index contributed by atoms with van der Waals surface area (Å²) >= 11 is 0. The van der Waals surface area contributed by atoms with Crippen molar-refractivity contribution in [1.82, 2.24) is 0 Å². The molecule has 0 aliphatic carbocycles. The van der Waals surface area contributed by atoms with Gasteiger partial charge in [0.25, 0.3) is 0 Å². The summed E-state index contributed by atoms with van der Waals surface area (Å²) in [5.41, 5.74) is 1.88. The molecule has 1 rings (SSSR count). The fourth-order valence-corrected chi connectivity index (χ4v) is 1.56. The van der Waals surface area contributed by atoms with E-state index < -0.39 is 41.1 Å². The molecule has 1 aromatic rings. The van der Waals surface area contributed by atoms with E-state index in [1.165, 1.54) is 0 Å². The molecule has 1 unspecified atom stereocenters. The first-order chi connectivity index (χ1) is 9.82. The number of amides is 1. The highest BCUT2D eigenvalue weighted by molar-refractivity contribution is 5.95. The van der Waals surface area contributed by atoms with Gasteiger partial charge < -0.3 is 11.1 Å². The molecule has 1 atom stereocenters. The molecule has 0 saturated carbocycles. The third-order valence-corrected chi connectivity index (χ3v) is 2.88. The van der Waals surface area contributed by atoms with Crippen molar-refractivity contribution in [2.75, 3.05) is 5.32 Å². The third kappa shape index (κ3) is 4.62. The summed E-state index contributed by atoms with van der Waals surface area (Å²) in [6.07, 6.45) is -9.94. The standard InChI is InChI=1S/C13H14F6N2O/c1-6(2)10(20)11(22)21-9-4-7(12(14,15)16)3-8(5-9)13(17,18)19/h3-6,10H,20H2,1-2H3,(H,21,22). The first kappa shape index (κ1) is 18.3. The van der Waals surface area contributed by atoms with Crippen molar-refractivity contribution in [3.05, 3.63) is 29.3 Å². The SMILES string of the molecule is CC(C)C(N)C(=O)Nc1cc(C(F)(F)F)cc(C(F)(F)F)c1. The number of anilines is 1. The molecular weight excluding hydrogens is 314 g/mol. The molecule has 1 amide bonds. The number of nitrogens with two attached hydrogens (primary N) is 1. The Hall–Kier alpha value is -1.77. The minimum Gasteiger partial charge on any atom is -0.325 e. The van der Waals surface area contributed by atoms with Crippen LogP contribution in [-0.4, -0.2) is 11.9 Å². The van der Waals surface area contributed by atoms with Crippen LogP contribution in [0.5, 0.6) is 0 Å². The van der Waals surface area contributed by atoms with Crippen molar-refractivity contribution in [3.8, 4) is 0 Å². The van der Waals surface area contributed by atoms with E-state index in [0.29, 0.717) is 12.1 Å². The molecule has 22 heavy (non-hydrogen) atoms. The normalized spacial score (nSPS) is 14.1. The molecule has 0 fully saturated rings. The zero-order valence-corrected chi connectivity index (χ0v) is 11.6. The van der Waals surface area contributed by atoms with Crippen molar-refractivity contribution < 1.29 is 31.1 Å². The van der Waals surface area contributed by atoms with E-state index >= 15 is 0 Å². The van der Waals surface area contributed by atoms with Gasteiger partial charge in [0.1, 0.15) is 0 Å². The Labute approximate surface area is 122 Å². The number of alkyl halides is 6. The Bertz CT molecular complexity index is 518. The molecular formula is C13H14F6N2O. The lowest BCUT2D eigenvalue weighted by Gasteiger charge is -2.18. The molecule has 0 bridgehead atoms. The van der Waals surface area contributed by atoms with Crippen molar-refractivity contribution in [2.45, 2.75) is 32.2 Å². The van der Waals surface area contributed by atoms with Gasteiger partial charge in [-0.25, -0.2) is 0 Å². The van der Waals surface area contributed by atoms with Crippen LogP contribution in [0.2, 0.25) is 0 Å². The quantitative estimate of drug-likeness (QED) is 0.832. The van der Waals surface area contributed by atoms with Gasteiger partial charge in [-0.15, -0.1) is 0 Å². The average molecular weight is 328 g/mol. The summed E-state index contributed by atoms with van der Waals surface area (Å²) in [7, 11) is 0. The van der Waals surface area contributed by atoms with Crippen LogP contribution < -0.4 is 11.1 Å². The Kier molecular flexibility index (Phi) is 5.11. The van der Waals surface area contributed by atoms with Gasteiger partial charge in [-0.2, -0.15) is 26.3 Å². The Morgan fingerprint density at radius 2 is 1.41 bits per heavy atom. The number of nitrogens with one attached hydrogen (secondary N) is 1. The zero-order chi connectivity index (χ0) is 17.3.